The first kappa shape index (κ1) is 21.6. The van der Waals surface area contributed by atoms with E-state index >= 15 is 0 Å². The van der Waals surface area contributed by atoms with Crippen LogP contribution in [0.5, 0.6) is 0 Å². The third-order valence-corrected chi connectivity index (χ3v) is 6.57. The predicted octanol–water partition coefficient (Wildman–Crippen LogP) is 3.02. The summed E-state index contributed by atoms with van der Waals surface area (Å²) in [6.07, 6.45) is 0. The lowest BCUT2D eigenvalue weighted by atomic mass is 9.98. The van der Waals surface area contributed by atoms with Crippen molar-refractivity contribution in [3.05, 3.63) is 28.3 Å². The number of ether oxygens (including phenoxy) is 1. The molecule has 0 aliphatic carbocycles. The van der Waals surface area contributed by atoms with Gasteiger partial charge < -0.3 is 9.64 Å². The summed E-state index contributed by atoms with van der Waals surface area (Å²) in [6, 6.07) is 4.15. The molecule has 1 aromatic rings. The molecule has 0 aromatic heterocycles. The Balaban J connectivity index is 2.53. The van der Waals surface area contributed by atoms with Crippen LogP contribution in [0, 0.1) is 10.1 Å². The summed E-state index contributed by atoms with van der Waals surface area (Å²) in [4.78, 5) is 13.0. The molecule has 1 aliphatic heterocycles. The SMILES string of the molecule is CCN(CC)S(=O)(=O)c1ccc(N2CC(C)(C)OC(C)(C)C2)c([N+](=O)[O-])c1. The van der Waals surface area contributed by atoms with Gasteiger partial charge in [0.2, 0.25) is 10.0 Å². The normalized spacial score (nSPS) is 19.3. The molecule has 0 unspecified atom stereocenters. The second-order valence-electron chi connectivity index (χ2n) is 7.97. The van der Waals surface area contributed by atoms with Crippen LogP contribution in [0.4, 0.5) is 11.4 Å². The number of anilines is 1. The molecule has 8 nitrogen and oxygen atoms in total. The van der Waals surface area contributed by atoms with E-state index < -0.39 is 26.1 Å². The number of morpholine rings is 1. The zero-order valence-corrected chi connectivity index (χ0v) is 17.7. The average Bonchev–Trinajstić information content (AvgIpc) is 2.52. The molecule has 152 valence electrons. The summed E-state index contributed by atoms with van der Waals surface area (Å²) < 4.78 is 32.8. The molecule has 2 rings (SSSR count). The van der Waals surface area contributed by atoms with Crippen LogP contribution >= 0.6 is 0 Å². The molecule has 27 heavy (non-hydrogen) atoms. The Morgan fingerprint density at radius 2 is 1.67 bits per heavy atom. The van der Waals surface area contributed by atoms with E-state index in [2.05, 4.69) is 0 Å². The van der Waals surface area contributed by atoms with E-state index in [4.69, 9.17) is 4.74 Å². The first-order chi connectivity index (χ1) is 12.3. The molecule has 1 aliphatic rings. The van der Waals surface area contributed by atoms with Crippen LogP contribution in [0.2, 0.25) is 0 Å². The lowest BCUT2D eigenvalue weighted by Crippen LogP contribution is -2.57. The Hall–Kier alpha value is -1.71. The third kappa shape index (κ3) is 4.59. The molecule has 0 saturated carbocycles. The summed E-state index contributed by atoms with van der Waals surface area (Å²) in [5.74, 6) is 0. The number of hydrogen-bond donors (Lipinski definition) is 0. The van der Waals surface area contributed by atoms with E-state index in [1.807, 2.05) is 32.6 Å². The van der Waals surface area contributed by atoms with Gasteiger partial charge in [-0.15, -0.1) is 0 Å². The lowest BCUT2D eigenvalue weighted by Gasteiger charge is -2.47. The van der Waals surface area contributed by atoms with Crippen molar-refractivity contribution in [2.75, 3.05) is 31.1 Å². The van der Waals surface area contributed by atoms with Gasteiger partial charge >= 0.3 is 0 Å². The van der Waals surface area contributed by atoms with E-state index in [-0.39, 0.29) is 10.6 Å². The van der Waals surface area contributed by atoms with E-state index in [0.717, 1.165) is 0 Å². The Bertz CT molecular complexity index is 800. The molecule has 9 heteroatoms. The van der Waals surface area contributed by atoms with Crippen molar-refractivity contribution in [1.82, 2.24) is 4.31 Å². The van der Waals surface area contributed by atoms with Gasteiger partial charge in [0, 0.05) is 32.2 Å². The van der Waals surface area contributed by atoms with Crippen LogP contribution in [-0.2, 0) is 14.8 Å². The van der Waals surface area contributed by atoms with Gasteiger partial charge in [-0.3, -0.25) is 10.1 Å². The van der Waals surface area contributed by atoms with Gasteiger partial charge in [-0.05, 0) is 39.8 Å². The zero-order valence-electron chi connectivity index (χ0n) is 16.9. The molecule has 0 radical (unpaired) electrons. The van der Waals surface area contributed by atoms with Crippen LogP contribution in [0.1, 0.15) is 41.5 Å². The van der Waals surface area contributed by atoms with Gasteiger partial charge in [-0.2, -0.15) is 4.31 Å². The molecule has 0 atom stereocenters. The summed E-state index contributed by atoms with van der Waals surface area (Å²) in [5.41, 5.74) is -0.775. The van der Waals surface area contributed by atoms with Crippen molar-refractivity contribution >= 4 is 21.4 Å². The van der Waals surface area contributed by atoms with Crippen LogP contribution in [0.25, 0.3) is 0 Å². The molecule has 1 fully saturated rings. The van der Waals surface area contributed by atoms with E-state index in [9.17, 15) is 18.5 Å². The zero-order chi connectivity index (χ0) is 20.6. The molecule has 1 aromatic carbocycles. The number of nitrogens with zero attached hydrogens (tertiary/aromatic N) is 3. The van der Waals surface area contributed by atoms with Crippen molar-refractivity contribution in [3.63, 3.8) is 0 Å². The molecular weight excluding hydrogens is 370 g/mol. The van der Waals surface area contributed by atoms with Gasteiger partial charge in [0.05, 0.1) is 21.0 Å². The van der Waals surface area contributed by atoms with Gasteiger partial charge in [0.1, 0.15) is 5.69 Å². The highest BCUT2D eigenvalue weighted by atomic mass is 32.2. The van der Waals surface area contributed by atoms with Crippen LogP contribution in [-0.4, -0.2) is 55.0 Å². The number of sulfonamides is 1. The van der Waals surface area contributed by atoms with Crippen LogP contribution in [0.3, 0.4) is 0 Å². The van der Waals surface area contributed by atoms with E-state index in [1.165, 1.54) is 22.5 Å². The minimum atomic E-state index is -3.76. The standard InChI is InChI=1S/C18H29N3O5S/c1-7-20(8-2)27(24,25)14-9-10-15(16(11-14)21(22)23)19-12-17(3,4)26-18(5,6)13-19/h9-11H,7-8,12-13H2,1-6H3. The monoisotopic (exact) mass is 399 g/mol. The van der Waals surface area contributed by atoms with Gasteiger partial charge in [0.15, 0.2) is 0 Å². The van der Waals surface area contributed by atoms with Crippen molar-refractivity contribution in [3.8, 4) is 0 Å². The molecule has 1 heterocycles. The molecule has 0 bridgehead atoms. The number of benzene rings is 1. The Morgan fingerprint density at radius 3 is 2.11 bits per heavy atom. The fourth-order valence-corrected chi connectivity index (χ4v) is 5.23. The van der Waals surface area contributed by atoms with Crippen molar-refractivity contribution in [2.24, 2.45) is 0 Å². The Kier molecular flexibility index (Phi) is 5.89. The number of nitro benzene ring substituents is 1. The second-order valence-corrected chi connectivity index (χ2v) is 9.91. The topological polar surface area (TPSA) is 93.0 Å². The van der Waals surface area contributed by atoms with Gasteiger partial charge in [-0.25, -0.2) is 8.42 Å². The smallest absolute Gasteiger partial charge is 0.293 e. The molecule has 0 N–H and O–H groups in total. The maximum Gasteiger partial charge on any atom is 0.293 e. The number of hydrogen-bond acceptors (Lipinski definition) is 6. The molecule has 0 spiro atoms. The lowest BCUT2D eigenvalue weighted by molar-refractivity contribution is -0.384. The highest BCUT2D eigenvalue weighted by molar-refractivity contribution is 7.89. The summed E-state index contributed by atoms with van der Waals surface area (Å²) >= 11 is 0. The average molecular weight is 400 g/mol. The number of nitro groups is 1. The molecule has 0 amide bonds. The van der Waals surface area contributed by atoms with Crippen LogP contribution in [0.15, 0.2) is 23.1 Å². The molecular formula is C18H29N3O5S. The first-order valence-corrected chi connectivity index (χ1v) is 10.5. The maximum atomic E-state index is 12.7. The van der Waals surface area contributed by atoms with Crippen LogP contribution < -0.4 is 4.90 Å². The van der Waals surface area contributed by atoms with Crippen molar-refractivity contribution < 1.29 is 18.1 Å². The summed E-state index contributed by atoms with van der Waals surface area (Å²) in [6.45, 7) is 12.8. The van der Waals surface area contributed by atoms with Gasteiger partial charge in [-0.1, -0.05) is 13.8 Å². The highest BCUT2D eigenvalue weighted by Crippen LogP contribution is 2.37. The summed E-state index contributed by atoms with van der Waals surface area (Å²) in [5, 5.41) is 11.7. The van der Waals surface area contributed by atoms with Crippen molar-refractivity contribution in [1.29, 1.82) is 0 Å². The third-order valence-electron chi connectivity index (χ3n) is 4.52. The summed E-state index contributed by atoms with van der Waals surface area (Å²) in [7, 11) is -3.76. The maximum absolute atomic E-state index is 12.7. The fourth-order valence-electron chi connectivity index (χ4n) is 3.75. The minimum absolute atomic E-state index is 0.0616. The van der Waals surface area contributed by atoms with Gasteiger partial charge in [0.25, 0.3) is 5.69 Å². The largest absolute Gasteiger partial charge is 0.366 e. The van der Waals surface area contributed by atoms with Crippen molar-refractivity contribution in [2.45, 2.75) is 57.6 Å². The predicted molar refractivity (Wildman–Crippen MR) is 105 cm³/mol. The number of rotatable bonds is 6. The molecule has 1 saturated heterocycles. The first-order valence-electron chi connectivity index (χ1n) is 9.06. The second kappa shape index (κ2) is 7.37. The minimum Gasteiger partial charge on any atom is -0.366 e. The highest BCUT2D eigenvalue weighted by Gasteiger charge is 2.40. The van der Waals surface area contributed by atoms with E-state index in [0.29, 0.717) is 31.9 Å². The Labute approximate surface area is 161 Å². The quantitative estimate of drug-likeness (QED) is 0.539. The fraction of sp³-hybridized carbons (Fsp3) is 0.667. The Morgan fingerprint density at radius 1 is 1.15 bits per heavy atom. The van der Waals surface area contributed by atoms with E-state index in [1.54, 1.807) is 13.8 Å².